The van der Waals surface area contributed by atoms with Gasteiger partial charge in [-0.05, 0) is 37.3 Å². The number of hydrogen-bond acceptors (Lipinski definition) is 3. The summed E-state index contributed by atoms with van der Waals surface area (Å²) in [5, 5.41) is 0. The molecule has 1 aliphatic heterocycles. The summed E-state index contributed by atoms with van der Waals surface area (Å²) in [6.07, 6.45) is 3.96. The molecule has 2 N–H and O–H groups in total. The predicted molar refractivity (Wildman–Crippen MR) is 88.2 cm³/mol. The third kappa shape index (κ3) is 5.10. The maximum Gasteiger partial charge on any atom is 0.0702 e. The largest absolute Gasteiger partial charge is 0.377 e. The van der Waals surface area contributed by atoms with Crippen LogP contribution < -0.4 is 5.73 Å². The lowest BCUT2D eigenvalue weighted by Crippen LogP contribution is -2.43. The Kier molecular flexibility index (Phi) is 6.68. The number of nitrogens with two attached hydrogens (primary N) is 1. The summed E-state index contributed by atoms with van der Waals surface area (Å²) in [7, 11) is 0. The van der Waals surface area contributed by atoms with Gasteiger partial charge in [0.2, 0.25) is 0 Å². The van der Waals surface area contributed by atoms with Gasteiger partial charge in [-0.3, -0.25) is 0 Å². The molecule has 1 saturated heterocycles. The Morgan fingerprint density at radius 2 is 2.10 bits per heavy atom. The minimum Gasteiger partial charge on any atom is -0.377 e. The highest BCUT2D eigenvalue weighted by Crippen LogP contribution is 2.22. The summed E-state index contributed by atoms with van der Waals surface area (Å²) in [6, 6.07) is 10.5. The second kappa shape index (κ2) is 8.52. The highest BCUT2D eigenvalue weighted by molar-refractivity contribution is 5.19. The summed E-state index contributed by atoms with van der Waals surface area (Å²) in [5.74, 6) is 0.456. The Balaban J connectivity index is 1.82. The van der Waals surface area contributed by atoms with Crippen LogP contribution in [0.5, 0.6) is 0 Å². The van der Waals surface area contributed by atoms with Crippen LogP contribution in [0.3, 0.4) is 0 Å². The third-order valence-corrected chi connectivity index (χ3v) is 4.36. The molecule has 0 bridgehead atoms. The molecule has 1 heterocycles. The van der Waals surface area contributed by atoms with Crippen LogP contribution >= 0.6 is 0 Å². The number of ether oxygens (including phenoxy) is 1. The topological polar surface area (TPSA) is 38.5 Å². The van der Waals surface area contributed by atoms with Crippen LogP contribution in [0.1, 0.15) is 44.7 Å². The Labute approximate surface area is 129 Å². The van der Waals surface area contributed by atoms with Crippen molar-refractivity contribution in [3.8, 4) is 0 Å². The molecule has 1 fully saturated rings. The molecule has 3 unspecified atom stereocenters. The summed E-state index contributed by atoms with van der Waals surface area (Å²) in [6.45, 7) is 8.61. The summed E-state index contributed by atoms with van der Waals surface area (Å²) < 4.78 is 5.92. The second-order valence-electron chi connectivity index (χ2n) is 6.31. The first-order valence-electron chi connectivity index (χ1n) is 8.35. The highest BCUT2D eigenvalue weighted by atomic mass is 16.5. The second-order valence-corrected chi connectivity index (χ2v) is 6.31. The van der Waals surface area contributed by atoms with E-state index in [1.165, 1.54) is 24.9 Å². The number of piperidine rings is 1. The first kappa shape index (κ1) is 16.5. The predicted octanol–water partition coefficient (Wildman–Crippen LogP) is 3.21. The van der Waals surface area contributed by atoms with E-state index in [0.29, 0.717) is 12.0 Å². The van der Waals surface area contributed by atoms with Gasteiger partial charge in [0.05, 0.1) is 6.10 Å². The van der Waals surface area contributed by atoms with Gasteiger partial charge >= 0.3 is 0 Å². The van der Waals surface area contributed by atoms with Crippen LogP contribution in [0.4, 0.5) is 0 Å². The molecule has 0 aliphatic carbocycles. The molecule has 1 aromatic rings. The molecule has 21 heavy (non-hydrogen) atoms. The highest BCUT2D eigenvalue weighted by Gasteiger charge is 2.24. The normalized spacial score (nSPS) is 22.9. The Morgan fingerprint density at radius 1 is 1.33 bits per heavy atom. The van der Waals surface area contributed by atoms with Gasteiger partial charge in [-0.15, -0.1) is 0 Å². The van der Waals surface area contributed by atoms with E-state index in [1.54, 1.807) is 0 Å². The standard InChI is InChI=1S/C18H30N2O/c1-3-12-21-17-10-7-11-20(14-17)13-15(2)18(19)16-8-5-4-6-9-16/h4-6,8-9,15,17-18H,3,7,10-14,19H2,1-2H3. The molecule has 0 spiro atoms. The number of hydrogen-bond donors (Lipinski definition) is 1. The van der Waals surface area contributed by atoms with Crippen LogP contribution in [0.15, 0.2) is 30.3 Å². The molecule has 3 atom stereocenters. The molecule has 3 heteroatoms. The van der Waals surface area contributed by atoms with Crippen molar-refractivity contribution in [2.75, 3.05) is 26.2 Å². The molecule has 0 amide bonds. The van der Waals surface area contributed by atoms with Crippen LogP contribution in [0, 0.1) is 5.92 Å². The van der Waals surface area contributed by atoms with Gasteiger partial charge in [-0.1, -0.05) is 44.2 Å². The van der Waals surface area contributed by atoms with Gasteiger partial charge in [-0.25, -0.2) is 0 Å². The van der Waals surface area contributed by atoms with Gasteiger partial charge in [0.15, 0.2) is 0 Å². The average molecular weight is 290 g/mol. The van der Waals surface area contributed by atoms with Crippen LogP contribution in [0.2, 0.25) is 0 Å². The summed E-state index contributed by atoms with van der Waals surface area (Å²) >= 11 is 0. The molecular weight excluding hydrogens is 260 g/mol. The Bertz CT molecular complexity index is 395. The molecule has 2 rings (SSSR count). The van der Waals surface area contributed by atoms with Crippen molar-refractivity contribution in [3.63, 3.8) is 0 Å². The van der Waals surface area contributed by atoms with Crippen LogP contribution in [-0.4, -0.2) is 37.2 Å². The van der Waals surface area contributed by atoms with Crippen molar-refractivity contribution < 1.29 is 4.74 Å². The molecule has 0 saturated carbocycles. The number of benzene rings is 1. The lowest BCUT2D eigenvalue weighted by molar-refractivity contribution is -0.00413. The van der Waals surface area contributed by atoms with Crippen molar-refractivity contribution >= 4 is 0 Å². The molecule has 0 radical (unpaired) electrons. The van der Waals surface area contributed by atoms with Crippen LogP contribution in [0.25, 0.3) is 0 Å². The fraction of sp³-hybridized carbons (Fsp3) is 0.667. The monoisotopic (exact) mass is 290 g/mol. The lowest BCUT2D eigenvalue weighted by atomic mass is 9.94. The van der Waals surface area contributed by atoms with Gasteiger partial charge < -0.3 is 15.4 Å². The quantitative estimate of drug-likeness (QED) is 0.838. The Hall–Kier alpha value is -0.900. The van der Waals surface area contributed by atoms with E-state index < -0.39 is 0 Å². The third-order valence-electron chi connectivity index (χ3n) is 4.36. The fourth-order valence-corrected chi connectivity index (χ4v) is 3.12. The fourth-order valence-electron chi connectivity index (χ4n) is 3.12. The summed E-state index contributed by atoms with van der Waals surface area (Å²) in [4.78, 5) is 2.53. The van der Waals surface area contributed by atoms with E-state index in [4.69, 9.17) is 10.5 Å². The van der Waals surface area contributed by atoms with E-state index in [1.807, 2.05) is 6.07 Å². The first-order valence-corrected chi connectivity index (χ1v) is 8.35. The zero-order valence-electron chi connectivity index (χ0n) is 13.5. The lowest BCUT2D eigenvalue weighted by Gasteiger charge is -2.35. The van der Waals surface area contributed by atoms with Gasteiger partial charge in [0, 0.05) is 25.7 Å². The van der Waals surface area contributed by atoms with Gasteiger partial charge in [-0.2, -0.15) is 0 Å². The van der Waals surface area contributed by atoms with E-state index in [9.17, 15) is 0 Å². The maximum absolute atomic E-state index is 6.41. The first-order chi connectivity index (χ1) is 10.2. The SMILES string of the molecule is CCCOC1CCCN(CC(C)C(N)c2ccccc2)C1. The smallest absolute Gasteiger partial charge is 0.0702 e. The summed E-state index contributed by atoms with van der Waals surface area (Å²) in [5.41, 5.74) is 7.65. The molecule has 1 aromatic carbocycles. The molecule has 118 valence electrons. The van der Waals surface area contributed by atoms with Gasteiger partial charge in [0.1, 0.15) is 0 Å². The van der Waals surface area contributed by atoms with Crippen molar-refractivity contribution in [1.29, 1.82) is 0 Å². The van der Waals surface area contributed by atoms with Crippen molar-refractivity contribution in [1.82, 2.24) is 4.90 Å². The minimum atomic E-state index is 0.114. The van der Waals surface area contributed by atoms with Crippen molar-refractivity contribution in [2.45, 2.75) is 45.3 Å². The van der Waals surface area contributed by atoms with E-state index in [2.05, 4.69) is 43.0 Å². The molecular formula is C18H30N2O. The number of rotatable bonds is 7. The average Bonchev–Trinajstić information content (AvgIpc) is 2.53. The van der Waals surface area contributed by atoms with E-state index in [0.717, 1.165) is 26.1 Å². The molecule has 3 nitrogen and oxygen atoms in total. The van der Waals surface area contributed by atoms with E-state index >= 15 is 0 Å². The molecule has 1 aliphatic rings. The van der Waals surface area contributed by atoms with Gasteiger partial charge in [0.25, 0.3) is 0 Å². The van der Waals surface area contributed by atoms with Crippen LogP contribution in [-0.2, 0) is 4.74 Å². The molecule has 0 aromatic heterocycles. The van der Waals surface area contributed by atoms with Crippen molar-refractivity contribution in [2.24, 2.45) is 11.7 Å². The number of nitrogens with zero attached hydrogens (tertiary/aromatic N) is 1. The minimum absolute atomic E-state index is 0.114. The van der Waals surface area contributed by atoms with E-state index in [-0.39, 0.29) is 6.04 Å². The maximum atomic E-state index is 6.41. The zero-order chi connectivity index (χ0) is 15.1. The number of likely N-dealkylation sites (tertiary alicyclic amines) is 1. The van der Waals surface area contributed by atoms with Crippen molar-refractivity contribution in [3.05, 3.63) is 35.9 Å². The zero-order valence-corrected chi connectivity index (χ0v) is 13.5. The Morgan fingerprint density at radius 3 is 2.81 bits per heavy atom.